The lowest BCUT2D eigenvalue weighted by Crippen LogP contribution is -2.61. The van der Waals surface area contributed by atoms with E-state index >= 15 is 0 Å². The molecule has 0 aliphatic carbocycles. The summed E-state index contributed by atoms with van der Waals surface area (Å²) < 4.78 is 27.2. The highest BCUT2D eigenvalue weighted by molar-refractivity contribution is 5.92. The Bertz CT molecular complexity index is 959. The fraction of sp³-hybridized carbons (Fsp3) is 0.520. The van der Waals surface area contributed by atoms with Crippen molar-refractivity contribution in [3.63, 3.8) is 0 Å². The Morgan fingerprint density at radius 3 is 2.09 bits per heavy atom. The smallest absolute Gasteiger partial charge is 0.341 e. The van der Waals surface area contributed by atoms with Crippen molar-refractivity contribution in [1.29, 1.82) is 0 Å². The van der Waals surface area contributed by atoms with Crippen LogP contribution in [0.2, 0.25) is 0 Å². The Morgan fingerprint density at radius 2 is 1.47 bits per heavy atom. The maximum absolute atomic E-state index is 13.0. The van der Waals surface area contributed by atoms with E-state index in [4.69, 9.17) is 23.7 Å². The monoisotopic (exact) mass is 474 g/mol. The number of benzene rings is 1. The van der Waals surface area contributed by atoms with Crippen LogP contribution in [0.25, 0.3) is 0 Å². The van der Waals surface area contributed by atoms with Gasteiger partial charge in [-0.15, -0.1) is 0 Å². The van der Waals surface area contributed by atoms with Crippen LogP contribution in [-0.4, -0.2) is 54.6 Å². The van der Waals surface area contributed by atoms with Gasteiger partial charge in [-0.1, -0.05) is 37.3 Å². The van der Waals surface area contributed by atoms with Gasteiger partial charge >= 0.3 is 23.9 Å². The van der Waals surface area contributed by atoms with Crippen LogP contribution in [0.4, 0.5) is 0 Å². The molecule has 0 saturated carbocycles. The number of ether oxygens (including phenoxy) is 5. The van der Waals surface area contributed by atoms with E-state index in [0.29, 0.717) is 12.0 Å². The number of esters is 4. The van der Waals surface area contributed by atoms with Crippen LogP contribution in [0, 0.1) is 11.8 Å². The second kappa shape index (κ2) is 12.8. The van der Waals surface area contributed by atoms with Crippen molar-refractivity contribution in [3.8, 4) is 11.8 Å². The third-order valence-electron chi connectivity index (χ3n) is 4.88. The average molecular weight is 475 g/mol. The summed E-state index contributed by atoms with van der Waals surface area (Å²) in [6, 6.07) is 6.67. The molecule has 1 aliphatic rings. The summed E-state index contributed by atoms with van der Waals surface area (Å²) >= 11 is 0. The van der Waals surface area contributed by atoms with Gasteiger partial charge in [0, 0.05) is 32.8 Å². The highest BCUT2D eigenvalue weighted by atomic mass is 16.7. The Kier molecular flexibility index (Phi) is 10.1. The molecule has 1 heterocycles. The lowest BCUT2D eigenvalue weighted by atomic mass is 9.98. The van der Waals surface area contributed by atoms with E-state index in [0.717, 1.165) is 26.7 Å². The zero-order valence-corrected chi connectivity index (χ0v) is 20.0. The first kappa shape index (κ1) is 26.9. The standard InChI is InChI=1S/C25H30O9/c1-6-7-8-9-12-19-13-10-11-14-20(19)24(29)34-25-23(33-18(5)28)22(32-17(4)27)21(15(2)30-25)31-16(3)26/h10-11,13-15,21-23,25H,6-8H2,1-5H3/t15-,21-,22+,23+,25-/m0/s1. The Morgan fingerprint density at radius 1 is 0.882 bits per heavy atom. The van der Waals surface area contributed by atoms with Crippen molar-refractivity contribution in [2.45, 2.75) is 84.6 Å². The summed E-state index contributed by atoms with van der Waals surface area (Å²) in [6.45, 7) is 7.10. The van der Waals surface area contributed by atoms with E-state index in [2.05, 4.69) is 18.8 Å². The summed E-state index contributed by atoms with van der Waals surface area (Å²) in [4.78, 5) is 48.2. The number of carbonyl (C=O) groups is 4. The molecule has 1 aliphatic heterocycles. The van der Waals surface area contributed by atoms with Crippen LogP contribution in [0.15, 0.2) is 24.3 Å². The van der Waals surface area contributed by atoms with Crippen molar-refractivity contribution < 1.29 is 42.9 Å². The molecule has 2 rings (SSSR count). The van der Waals surface area contributed by atoms with Crippen LogP contribution >= 0.6 is 0 Å². The quantitative estimate of drug-likeness (QED) is 0.255. The lowest BCUT2D eigenvalue weighted by Gasteiger charge is -2.42. The van der Waals surface area contributed by atoms with Crippen molar-refractivity contribution >= 4 is 23.9 Å². The molecule has 1 aromatic rings. The van der Waals surface area contributed by atoms with E-state index in [1.807, 2.05) is 0 Å². The average Bonchev–Trinajstić information content (AvgIpc) is 2.76. The maximum atomic E-state index is 13.0. The van der Waals surface area contributed by atoms with Gasteiger partial charge in [0.25, 0.3) is 0 Å². The van der Waals surface area contributed by atoms with E-state index in [1.54, 1.807) is 31.2 Å². The summed E-state index contributed by atoms with van der Waals surface area (Å²) in [5, 5.41) is 0. The number of hydrogen-bond acceptors (Lipinski definition) is 9. The highest BCUT2D eigenvalue weighted by Crippen LogP contribution is 2.30. The zero-order chi connectivity index (χ0) is 25.3. The molecule has 0 N–H and O–H groups in total. The van der Waals surface area contributed by atoms with E-state index in [1.165, 1.54) is 6.92 Å². The Labute approximate surface area is 199 Å². The minimum atomic E-state index is -1.43. The molecular formula is C25H30O9. The molecule has 0 amide bonds. The molecule has 0 spiro atoms. The van der Waals surface area contributed by atoms with Gasteiger partial charge in [0.1, 0.15) is 0 Å². The van der Waals surface area contributed by atoms with E-state index in [9.17, 15) is 19.2 Å². The number of carbonyl (C=O) groups excluding carboxylic acids is 4. The van der Waals surface area contributed by atoms with Gasteiger partial charge in [0.05, 0.1) is 11.7 Å². The van der Waals surface area contributed by atoms with E-state index in [-0.39, 0.29) is 5.56 Å². The van der Waals surface area contributed by atoms with Gasteiger partial charge in [-0.05, 0) is 25.5 Å². The maximum Gasteiger partial charge on any atom is 0.341 e. The van der Waals surface area contributed by atoms with Gasteiger partial charge in [-0.3, -0.25) is 14.4 Å². The van der Waals surface area contributed by atoms with Crippen LogP contribution < -0.4 is 0 Å². The fourth-order valence-corrected chi connectivity index (χ4v) is 3.43. The van der Waals surface area contributed by atoms with E-state index < -0.39 is 54.6 Å². The van der Waals surface area contributed by atoms with Gasteiger partial charge < -0.3 is 23.7 Å². The zero-order valence-electron chi connectivity index (χ0n) is 20.0. The Balaban J connectivity index is 2.34. The minimum absolute atomic E-state index is 0.204. The normalized spacial score (nSPS) is 23.6. The van der Waals surface area contributed by atoms with Crippen LogP contribution in [-0.2, 0) is 38.1 Å². The first-order valence-electron chi connectivity index (χ1n) is 11.1. The molecule has 34 heavy (non-hydrogen) atoms. The topological polar surface area (TPSA) is 114 Å². The predicted molar refractivity (Wildman–Crippen MR) is 119 cm³/mol. The SMILES string of the molecule is CCCCC#Cc1ccccc1C(=O)O[C@@H]1O[C@@H](C)[C@H](OC(C)=O)[C@@H](OC(C)=O)[C@H]1OC(C)=O. The van der Waals surface area contributed by atoms with Crippen LogP contribution in [0.3, 0.4) is 0 Å². The number of unbranched alkanes of at least 4 members (excludes halogenated alkanes) is 2. The molecule has 9 heteroatoms. The molecule has 0 radical (unpaired) electrons. The third-order valence-corrected chi connectivity index (χ3v) is 4.88. The van der Waals surface area contributed by atoms with Crippen molar-refractivity contribution in [1.82, 2.24) is 0 Å². The lowest BCUT2D eigenvalue weighted by molar-refractivity contribution is -0.286. The van der Waals surface area contributed by atoms with Gasteiger partial charge in [0.2, 0.25) is 12.4 Å². The second-order valence-electron chi connectivity index (χ2n) is 7.79. The molecule has 0 bridgehead atoms. The Hall–Kier alpha value is -3.38. The third kappa shape index (κ3) is 7.59. The summed E-state index contributed by atoms with van der Waals surface area (Å²) in [5.41, 5.74) is 0.682. The molecule has 1 fully saturated rings. The number of hydrogen-bond donors (Lipinski definition) is 0. The highest BCUT2D eigenvalue weighted by Gasteiger charge is 2.52. The molecular weight excluding hydrogens is 444 g/mol. The molecule has 5 atom stereocenters. The van der Waals surface area contributed by atoms with Gasteiger partial charge in [-0.2, -0.15) is 0 Å². The largest absolute Gasteiger partial charge is 0.456 e. The van der Waals surface area contributed by atoms with Crippen LogP contribution in [0.1, 0.15) is 69.8 Å². The first-order chi connectivity index (χ1) is 16.1. The van der Waals surface area contributed by atoms with Crippen LogP contribution in [0.5, 0.6) is 0 Å². The summed E-state index contributed by atoms with van der Waals surface area (Å²) in [6.07, 6.45) is -3.34. The van der Waals surface area contributed by atoms with Crippen molar-refractivity contribution in [2.75, 3.05) is 0 Å². The molecule has 9 nitrogen and oxygen atoms in total. The summed E-state index contributed by atoms with van der Waals surface area (Å²) in [7, 11) is 0. The first-order valence-corrected chi connectivity index (χ1v) is 11.1. The van der Waals surface area contributed by atoms with Gasteiger partial charge in [-0.25, -0.2) is 4.79 Å². The summed E-state index contributed by atoms with van der Waals surface area (Å²) in [5.74, 6) is 3.17. The fourth-order valence-electron chi connectivity index (χ4n) is 3.43. The van der Waals surface area contributed by atoms with Gasteiger partial charge in [0.15, 0.2) is 12.2 Å². The molecule has 1 aromatic carbocycles. The molecule has 184 valence electrons. The van der Waals surface area contributed by atoms with Crippen molar-refractivity contribution in [3.05, 3.63) is 35.4 Å². The molecule has 0 unspecified atom stereocenters. The molecule has 0 aromatic heterocycles. The predicted octanol–water partition coefficient (Wildman–Crippen LogP) is 2.93. The number of rotatable bonds is 7. The minimum Gasteiger partial charge on any atom is -0.456 e. The second-order valence-corrected chi connectivity index (χ2v) is 7.79. The van der Waals surface area contributed by atoms with Crippen molar-refractivity contribution in [2.24, 2.45) is 0 Å². The molecule has 1 saturated heterocycles.